The van der Waals surface area contributed by atoms with E-state index in [1.807, 2.05) is 0 Å². The zero-order chi connectivity index (χ0) is 17.5. The molecule has 7 nitrogen and oxygen atoms in total. The van der Waals surface area contributed by atoms with Crippen LogP contribution in [0.1, 0.15) is 36.0 Å². The average Bonchev–Trinajstić information content (AvgIpc) is 2.62. The fraction of sp³-hybridized carbons (Fsp3) is 0.412. The molecule has 1 saturated carbocycles. The van der Waals surface area contributed by atoms with Crippen molar-refractivity contribution in [1.82, 2.24) is 10.8 Å². The summed E-state index contributed by atoms with van der Waals surface area (Å²) in [7, 11) is 3.07. The summed E-state index contributed by atoms with van der Waals surface area (Å²) in [5, 5.41) is 11.5. The van der Waals surface area contributed by atoms with Gasteiger partial charge in [0.25, 0.3) is 11.8 Å². The zero-order valence-corrected chi connectivity index (χ0v) is 13.8. The van der Waals surface area contributed by atoms with E-state index in [1.54, 1.807) is 30.8 Å². The van der Waals surface area contributed by atoms with Gasteiger partial charge in [-0.05, 0) is 43.9 Å². The van der Waals surface area contributed by atoms with E-state index in [0.29, 0.717) is 29.9 Å². The van der Waals surface area contributed by atoms with Crippen molar-refractivity contribution < 1.29 is 24.3 Å². The second-order valence-corrected chi connectivity index (χ2v) is 5.60. The highest BCUT2D eigenvalue weighted by Crippen LogP contribution is 2.28. The Morgan fingerprint density at radius 3 is 2.42 bits per heavy atom. The molecule has 7 heteroatoms. The lowest BCUT2D eigenvalue weighted by Gasteiger charge is -2.25. The van der Waals surface area contributed by atoms with E-state index < -0.39 is 5.91 Å². The molecule has 3 N–H and O–H groups in total. The van der Waals surface area contributed by atoms with Gasteiger partial charge in [-0.3, -0.25) is 14.8 Å². The number of hydrogen-bond donors (Lipinski definition) is 3. The zero-order valence-electron chi connectivity index (χ0n) is 13.8. The van der Waals surface area contributed by atoms with Gasteiger partial charge in [-0.2, -0.15) is 0 Å². The molecule has 1 aliphatic rings. The Balaban J connectivity index is 1.94. The van der Waals surface area contributed by atoms with Gasteiger partial charge in [0.2, 0.25) is 0 Å². The minimum atomic E-state index is -0.516. The highest BCUT2D eigenvalue weighted by molar-refractivity contribution is 5.95. The number of hydrogen-bond acceptors (Lipinski definition) is 5. The lowest BCUT2D eigenvalue weighted by Crippen LogP contribution is -2.36. The third kappa shape index (κ3) is 4.48. The minimum Gasteiger partial charge on any atom is -0.493 e. The van der Waals surface area contributed by atoms with Gasteiger partial charge in [-0.15, -0.1) is 0 Å². The van der Waals surface area contributed by atoms with Gasteiger partial charge in [0.15, 0.2) is 11.5 Å². The normalized spacial score (nSPS) is 17.0. The number of allylic oxidation sites excluding steroid dienone is 1. The van der Waals surface area contributed by atoms with E-state index in [0.717, 1.165) is 18.4 Å². The quantitative estimate of drug-likeness (QED) is 0.433. The Kier molecular flexibility index (Phi) is 6.20. The molecule has 0 unspecified atom stereocenters. The van der Waals surface area contributed by atoms with Crippen LogP contribution in [0.25, 0.3) is 0 Å². The topological polar surface area (TPSA) is 96.9 Å². The van der Waals surface area contributed by atoms with Crippen molar-refractivity contribution in [1.29, 1.82) is 0 Å². The predicted octanol–water partition coefficient (Wildman–Crippen LogP) is 1.81. The lowest BCUT2D eigenvalue weighted by molar-refractivity contribution is -0.124. The molecule has 1 aromatic carbocycles. The molecule has 0 spiro atoms. The molecule has 0 aromatic heterocycles. The maximum atomic E-state index is 12.4. The molecule has 1 aromatic rings. The van der Waals surface area contributed by atoms with Crippen molar-refractivity contribution in [2.24, 2.45) is 0 Å². The van der Waals surface area contributed by atoms with Crippen LogP contribution in [0, 0.1) is 0 Å². The number of methoxy groups -OCH3 is 2. The van der Waals surface area contributed by atoms with Crippen LogP contribution in [-0.4, -0.2) is 37.3 Å². The summed E-state index contributed by atoms with van der Waals surface area (Å²) in [4.78, 5) is 23.5. The van der Waals surface area contributed by atoms with Crippen molar-refractivity contribution >= 4 is 11.8 Å². The highest BCUT2D eigenvalue weighted by atomic mass is 16.5. The summed E-state index contributed by atoms with van der Waals surface area (Å²) in [5.74, 6) is 0.400. The fourth-order valence-electron chi connectivity index (χ4n) is 2.74. The molecule has 2 rings (SSSR count). The second-order valence-electron chi connectivity index (χ2n) is 5.60. The third-order valence-corrected chi connectivity index (χ3v) is 4.05. The van der Waals surface area contributed by atoms with Crippen molar-refractivity contribution in [2.75, 3.05) is 14.2 Å². The van der Waals surface area contributed by atoms with Crippen LogP contribution in [0.5, 0.6) is 11.5 Å². The van der Waals surface area contributed by atoms with Gasteiger partial charge in [-0.25, -0.2) is 5.48 Å². The third-order valence-electron chi connectivity index (χ3n) is 4.05. The van der Waals surface area contributed by atoms with Crippen LogP contribution >= 0.6 is 0 Å². The van der Waals surface area contributed by atoms with E-state index in [2.05, 4.69) is 5.32 Å². The molecule has 2 amide bonds. The van der Waals surface area contributed by atoms with Crippen molar-refractivity contribution in [3.05, 3.63) is 35.4 Å². The monoisotopic (exact) mass is 334 g/mol. The highest BCUT2D eigenvalue weighted by Gasteiger charge is 2.20. The molecule has 1 aliphatic carbocycles. The standard InChI is InChI=1S/C17H22N2O5/c1-23-14-8-5-12(10-15(14)24-2)17(21)18-13-6-3-11(4-7-13)9-16(20)19-22/h5,8-10,13,22H,3-4,6-7H2,1-2H3,(H,18,21)(H,19,20). The number of benzene rings is 1. The number of hydroxylamine groups is 1. The van der Waals surface area contributed by atoms with Crippen molar-refractivity contribution in [3.8, 4) is 11.5 Å². The van der Waals surface area contributed by atoms with Crippen LogP contribution in [0.3, 0.4) is 0 Å². The first kappa shape index (κ1) is 17.8. The molecule has 0 heterocycles. The van der Waals surface area contributed by atoms with Gasteiger partial charge < -0.3 is 14.8 Å². The van der Waals surface area contributed by atoms with Gasteiger partial charge >= 0.3 is 0 Å². The van der Waals surface area contributed by atoms with Crippen LogP contribution in [0.2, 0.25) is 0 Å². The van der Waals surface area contributed by atoms with Gasteiger partial charge in [-0.1, -0.05) is 5.57 Å². The summed E-state index contributed by atoms with van der Waals surface area (Å²) in [5.41, 5.74) is 3.07. The maximum Gasteiger partial charge on any atom is 0.267 e. The molecular formula is C17H22N2O5. The Labute approximate surface area is 140 Å². The summed E-state index contributed by atoms with van der Waals surface area (Å²) in [6, 6.07) is 5.09. The molecule has 0 radical (unpaired) electrons. The number of amides is 2. The Bertz CT molecular complexity index is 632. The van der Waals surface area contributed by atoms with Gasteiger partial charge in [0.05, 0.1) is 14.2 Å². The number of carbonyl (C=O) groups is 2. The molecule has 130 valence electrons. The van der Waals surface area contributed by atoms with E-state index in [9.17, 15) is 9.59 Å². The van der Waals surface area contributed by atoms with Gasteiger partial charge in [0, 0.05) is 17.7 Å². The van der Waals surface area contributed by atoms with E-state index in [1.165, 1.54) is 13.2 Å². The van der Waals surface area contributed by atoms with Crippen LogP contribution in [0.15, 0.2) is 29.8 Å². The summed E-state index contributed by atoms with van der Waals surface area (Å²) >= 11 is 0. The predicted molar refractivity (Wildman–Crippen MR) is 87.3 cm³/mol. The van der Waals surface area contributed by atoms with E-state index in [-0.39, 0.29) is 11.9 Å². The first-order valence-electron chi connectivity index (χ1n) is 7.73. The molecule has 24 heavy (non-hydrogen) atoms. The molecule has 0 saturated heterocycles. The lowest BCUT2D eigenvalue weighted by atomic mass is 9.90. The first-order chi connectivity index (χ1) is 11.6. The summed E-state index contributed by atoms with van der Waals surface area (Å²) in [6.07, 6.45) is 4.34. The minimum absolute atomic E-state index is 0.0555. The summed E-state index contributed by atoms with van der Waals surface area (Å²) < 4.78 is 10.4. The van der Waals surface area contributed by atoms with Crippen molar-refractivity contribution in [2.45, 2.75) is 31.7 Å². The van der Waals surface area contributed by atoms with Crippen LogP contribution in [-0.2, 0) is 4.79 Å². The Morgan fingerprint density at radius 1 is 1.17 bits per heavy atom. The Morgan fingerprint density at radius 2 is 1.83 bits per heavy atom. The van der Waals surface area contributed by atoms with E-state index in [4.69, 9.17) is 14.7 Å². The number of nitrogens with one attached hydrogen (secondary N) is 2. The smallest absolute Gasteiger partial charge is 0.267 e. The molecule has 0 aliphatic heterocycles. The number of carbonyl (C=O) groups excluding carboxylic acids is 2. The summed E-state index contributed by atoms with van der Waals surface area (Å²) in [6.45, 7) is 0. The van der Waals surface area contributed by atoms with Crippen LogP contribution < -0.4 is 20.3 Å². The fourth-order valence-corrected chi connectivity index (χ4v) is 2.74. The van der Waals surface area contributed by atoms with Crippen LogP contribution in [0.4, 0.5) is 0 Å². The molecule has 0 bridgehead atoms. The molecule has 1 fully saturated rings. The van der Waals surface area contributed by atoms with Crippen molar-refractivity contribution in [3.63, 3.8) is 0 Å². The maximum absolute atomic E-state index is 12.4. The number of rotatable bonds is 5. The van der Waals surface area contributed by atoms with Gasteiger partial charge in [0.1, 0.15) is 0 Å². The number of ether oxygens (including phenoxy) is 2. The largest absolute Gasteiger partial charge is 0.493 e. The second kappa shape index (κ2) is 8.35. The average molecular weight is 334 g/mol. The Hall–Kier alpha value is -2.54. The molecule has 0 atom stereocenters. The van der Waals surface area contributed by atoms with E-state index >= 15 is 0 Å². The first-order valence-corrected chi connectivity index (χ1v) is 7.73. The molecular weight excluding hydrogens is 312 g/mol. The SMILES string of the molecule is COc1ccc(C(=O)NC2CCC(=CC(=O)NO)CC2)cc1OC.